The molecule has 2 unspecified atom stereocenters. The van der Waals surface area contributed by atoms with E-state index in [9.17, 15) is 18.3 Å². The highest BCUT2D eigenvalue weighted by molar-refractivity contribution is 7.22. The molecule has 4 nitrogen and oxygen atoms in total. The van der Waals surface area contributed by atoms with Gasteiger partial charge in [0.15, 0.2) is 0 Å². The maximum atomic E-state index is 13.7. The van der Waals surface area contributed by atoms with Crippen LogP contribution in [-0.4, -0.2) is 27.7 Å². The van der Waals surface area contributed by atoms with E-state index in [0.29, 0.717) is 29.1 Å². The average molecular weight is 341 g/mol. The van der Waals surface area contributed by atoms with Crippen molar-refractivity contribution in [2.45, 2.75) is 37.6 Å². The van der Waals surface area contributed by atoms with Gasteiger partial charge in [0.2, 0.25) is 5.13 Å². The van der Waals surface area contributed by atoms with Crippen molar-refractivity contribution in [2.75, 3.05) is 5.01 Å². The van der Waals surface area contributed by atoms with Crippen molar-refractivity contribution in [2.24, 2.45) is 11.0 Å². The van der Waals surface area contributed by atoms with Gasteiger partial charge in [0.25, 0.3) is 5.72 Å². The molecule has 2 aromatic rings. The fourth-order valence-electron chi connectivity index (χ4n) is 3.36. The predicted octanol–water partition coefficient (Wildman–Crippen LogP) is 3.91. The Bertz CT molecular complexity index is 755. The van der Waals surface area contributed by atoms with Crippen LogP contribution < -0.4 is 5.01 Å². The number of benzene rings is 1. The summed E-state index contributed by atoms with van der Waals surface area (Å²) >= 11 is 1.11. The van der Waals surface area contributed by atoms with E-state index in [1.54, 1.807) is 24.3 Å². The van der Waals surface area contributed by atoms with Crippen LogP contribution in [0.3, 0.4) is 0 Å². The van der Waals surface area contributed by atoms with Gasteiger partial charge in [-0.2, -0.15) is 23.3 Å². The van der Waals surface area contributed by atoms with Crippen molar-refractivity contribution >= 4 is 32.4 Å². The topological polar surface area (TPSA) is 48.7 Å². The molecule has 23 heavy (non-hydrogen) atoms. The molecule has 122 valence electrons. The van der Waals surface area contributed by atoms with Crippen LogP contribution >= 0.6 is 11.3 Å². The van der Waals surface area contributed by atoms with Gasteiger partial charge in [0.1, 0.15) is 0 Å². The largest absolute Gasteiger partial charge is 0.439 e. The fourth-order valence-corrected chi connectivity index (χ4v) is 4.33. The number of halogens is 3. The van der Waals surface area contributed by atoms with E-state index < -0.39 is 17.8 Å². The monoisotopic (exact) mass is 341 g/mol. The van der Waals surface area contributed by atoms with Gasteiger partial charge in [0, 0.05) is 5.71 Å². The first-order valence-corrected chi connectivity index (χ1v) is 8.25. The second-order valence-corrected chi connectivity index (χ2v) is 6.90. The summed E-state index contributed by atoms with van der Waals surface area (Å²) < 4.78 is 41.9. The minimum absolute atomic E-state index is 0.0768. The molecule has 1 aromatic carbocycles. The van der Waals surface area contributed by atoms with Crippen molar-refractivity contribution in [3.63, 3.8) is 0 Å². The van der Waals surface area contributed by atoms with E-state index in [0.717, 1.165) is 22.5 Å². The third kappa shape index (κ3) is 2.08. The summed E-state index contributed by atoms with van der Waals surface area (Å²) in [5.41, 5.74) is -1.97. The van der Waals surface area contributed by atoms with E-state index in [2.05, 4.69) is 10.1 Å². The lowest BCUT2D eigenvalue weighted by atomic mass is 9.80. The molecule has 1 N–H and O–H groups in total. The van der Waals surface area contributed by atoms with Crippen LogP contribution in [0.1, 0.15) is 25.7 Å². The molecule has 0 saturated heterocycles. The third-order valence-electron chi connectivity index (χ3n) is 4.50. The molecule has 2 aliphatic rings. The number of para-hydroxylation sites is 1. The number of hydrogen-bond acceptors (Lipinski definition) is 5. The lowest BCUT2D eigenvalue weighted by Gasteiger charge is -2.38. The Balaban J connectivity index is 1.85. The predicted molar refractivity (Wildman–Crippen MR) is 82.5 cm³/mol. The second kappa shape index (κ2) is 4.91. The van der Waals surface area contributed by atoms with Gasteiger partial charge < -0.3 is 5.11 Å². The molecule has 0 radical (unpaired) electrons. The zero-order chi connectivity index (χ0) is 16.2. The molecular formula is C15H14F3N3OS. The van der Waals surface area contributed by atoms with Crippen LogP contribution in [0.4, 0.5) is 18.3 Å². The van der Waals surface area contributed by atoms with Gasteiger partial charge in [-0.05, 0) is 31.4 Å². The minimum atomic E-state index is -4.81. The SMILES string of the molecule is OC1(C(F)(F)F)C2CCCCC2=NN1c1nc2ccccc2s1. The molecule has 1 aliphatic carbocycles. The van der Waals surface area contributed by atoms with Crippen LogP contribution in [0.5, 0.6) is 0 Å². The highest BCUT2D eigenvalue weighted by Gasteiger charge is 2.67. The third-order valence-corrected chi connectivity index (χ3v) is 5.51. The quantitative estimate of drug-likeness (QED) is 0.855. The van der Waals surface area contributed by atoms with Gasteiger partial charge in [0.05, 0.1) is 16.1 Å². The van der Waals surface area contributed by atoms with Crippen molar-refractivity contribution in [1.29, 1.82) is 0 Å². The van der Waals surface area contributed by atoms with Gasteiger partial charge in [-0.25, -0.2) is 4.98 Å². The Morgan fingerprint density at radius 3 is 2.78 bits per heavy atom. The summed E-state index contributed by atoms with van der Waals surface area (Å²) in [6.07, 6.45) is -2.56. The molecule has 1 aromatic heterocycles. The van der Waals surface area contributed by atoms with E-state index >= 15 is 0 Å². The summed E-state index contributed by atoms with van der Waals surface area (Å²) in [4.78, 5) is 4.24. The van der Waals surface area contributed by atoms with E-state index in [-0.39, 0.29) is 11.6 Å². The van der Waals surface area contributed by atoms with Crippen molar-refractivity contribution in [3.05, 3.63) is 24.3 Å². The Morgan fingerprint density at radius 1 is 1.26 bits per heavy atom. The first-order valence-electron chi connectivity index (χ1n) is 7.43. The zero-order valence-corrected chi connectivity index (χ0v) is 12.9. The Morgan fingerprint density at radius 2 is 2.04 bits per heavy atom. The Kier molecular flexibility index (Phi) is 3.18. The Hall–Kier alpha value is -1.67. The molecule has 0 amide bonds. The normalized spacial score (nSPS) is 28.1. The number of anilines is 1. The van der Waals surface area contributed by atoms with E-state index in [1.807, 2.05) is 0 Å². The molecule has 0 spiro atoms. The van der Waals surface area contributed by atoms with E-state index in [4.69, 9.17) is 0 Å². The first-order chi connectivity index (χ1) is 10.9. The summed E-state index contributed by atoms with van der Waals surface area (Å²) in [6, 6.07) is 7.10. The standard InChI is InChI=1S/C15H14F3N3OS/c16-15(17,18)14(22)9-5-1-2-6-10(9)20-21(14)13-19-11-7-3-4-8-12(11)23-13/h3-4,7-9,22H,1-2,5-6H2. The minimum Gasteiger partial charge on any atom is -0.362 e. The van der Waals surface area contributed by atoms with Crippen LogP contribution in [0.25, 0.3) is 10.2 Å². The van der Waals surface area contributed by atoms with Crippen molar-refractivity contribution in [3.8, 4) is 0 Å². The fraction of sp³-hybridized carbons (Fsp3) is 0.467. The number of thiazole rings is 1. The van der Waals surface area contributed by atoms with Crippen molar-refractivity contribution < 1.29 is 18.3 Å². The summed E-state index contributed by atoms with van der Waals surface area (Å²) in [7, 11) is 0. The van der Waals surface area contributed by atoms with Gasteiger partial charge in [-0.3, -0.25) is 0 Å². The highest BCUT2D eigenvalue weighted by Crippen LogP contribution is 2.50. The maximum absolute atomic E-state index is 13.7. The van der Waals surface area contributed by atoms with Crippen LogP contribution in [0.2, 0.25) is 0 Å². The van der Waals surface area contributed by atoms with Gasteiger partial charge in [-0.1, -0.05) is 29.9 Å². The molecule has 2 heterocycles. The summed E-state index contributed by atoms with van der Waals surface area (Å²) in [6.45, 7) is 0. The molecule has 1 saturated carbocycles. The summed E-state index contributed by atoms with van der Waals surface area (Å²) in [5, 5.41) is 15.5. The molecule has 4 rings (SSSR count). The number of nitrogens with zero attached hydrogens (tertiary/aromatic N) is 3. The maximum Gasteiger partial charge on any atom is 0.439 e. The second-order valence-electron chi connectivity index (χ2n) is 5.89. The summed E-state index contributed by atoms with van der Waals surface area (Å²) in [5.74, 6) is -1.01. The number of aromatic nitrogens is 1. The van der Waals surface area contributed by atoms with Gasteiger partial charge in [-0.15, -0.1) is 0 Å². The van der Waals surface area contributed by atoms with Gasteiger partial charge >= 0.3 is 6.18 Å². The molecule has 1 aliphatic heterocycles. The Labute approximate surface area is 134 Å². The highest BCUT2D eigenvalue weighted by atomic mass is 32.1. The number of rotatable bonds is 1. The number of fused-ring (bicyclic) bond motifs is 2. The smallest absolute Gasteiger partial charge is 0.362 e. The van der Waals surface area contributed by atoms with Crippen LogP contribution in [-0.2, 0) is 0 Å². The molecule has 1 fully saturated rings. The average Bonchev–Trinajstić information content (AvgIpc) is 3.07. The van der Waals surface area contributed by atoms with Crippen LogP contribution in [0, 0.1) is 5.92 Å². The number of aliphatic hydroxyl groups is 1. The lowest BCUT2D eigenvalue weighted by Crippen LogP contribution is -2.60. The molecule has 2 atom stereocenters. The molecule has 8 heteroatoms. The zero-order valence-electron chi connectivity index (χ0n) is 12.0. The number of hydrogen-bond donors (Lipinski definition) is 1. The number of alkyl halides is 3. The molecule has 0 bridgehead atoms. The first kappa shape index (κ1) is 14.9. The van der Waals surface area contributed by atoms with Crippen molar-refractivity contribution in [1.82, 2.24) is 4.98 Å². The van der Waals surface area contributed by atoms with E-state index in [1.165, 1.54) is 0 Å². The number of hydrazone groups is 1. The molecular weight excluding hydrogens is 327 g/mol. The lowest BCUT2D eigenvalue weighted by molar-refractivity contribution is -0.269. The van der Waals surface area contributed by atoms with Crippen LogP contribution in [0.15, 0.2) is 29.4 Å².